The summed E-state index contributed by atoms with van der Waals surface area (Å²) in [5.41, 5.74) is 3.35. The van der Waals surface area contributed by atoms with Crippen LogP contribution in [-0.4, -0.2) is 27.1 Å². The Hall–Kier alpha value is -2.73. The van der Waals surface area contributed by atoms with E-state index in [4.69, 9.17) is 0 Å². The predicted molar refractivity (Wildman–Crippen MR) is 94.7 cm³/mol. The second-order valence-electron chi connectivity index (χ2n) is 5.03. The monoisotopic (exact) mass is 336 g/mol. The fraction of sp³-hybridized carbons (Fsp3) is 0.111. The van der Waals surface area contributed by atoms with Crippen molar-refractivity contribution >= 4 is 17.7 Å². The standard InChI is InChI=1S/C18H16N4OS/c1-24-18-15(5-3-8-21-18)17(23)22-11-13-6-9-20-16(10-13)14-4-2-7-19-12-14/h2-10,12H,11H2,1H3,(H,22,23). The lowest BCUT2D eigenvalue weighted by molar-refractivity contribution is 0.0947. The van der Waals surface area contributed by atoms with Crippen molar-refractivity contribution in [3.8, 4) is 11.3 Å². The lowest BCUT2D eigenvalue weighted by Crippen LogP contribution is -2.23. The molecule has 6 heteroatoms. The molecule has 1 amide bonds. The molecule has 120 valence electrons. The Balaban J connectivity index is 1.72. The number of aromatic nitrogens is 3. The summed E-state index contributed by atoms with van der Waals surface area (Å²) < 4.78 is 0. The van der Waals surface area contributed by atoms with Gasteiger partial charge in [-0.2, -0.15) is 0 Å². The van der Waals surface area contributed by atoms with Gasteiger partial charge < -0.3 is 5.32 Å². The zero-order valence-electron chi connectivity index (χ0n) is 13.1. The molecule has 3 heterocycles. The third-order valence-corrected chi connectivity index (χ3v) is 4.16. The molecule has 0 saturated heterocycles. The van der Waals surface area contributed by atoms with E-state index in [1.54, 1.807) is 36.9 Å². The minimum absolute atomic E-state index is 0.132. The Labute approximate surface area is 144 Å². The molecule has 3 aromatic rings. The van der Waals surface area contributed by atoms with E-state index in [0.717, 1.165) is 21.8 Å². The van der Waals surface area contributed by atoms with E-state index in [-0.39, 0.29) is 5.91 Å². The van der Waals surface area contributed by atoms with Crippen molar-refractivity contribution < 1.29 is 4.79 Å². The summed E-state index contributed by atoms with van der Waals surface area (Å²) in [5, 5.41) is 3.66. The maximum Gasteiger partial charge on any atom is 0.254 e. The first kappa shape index (κ1) is 16.1. The van der Waals surface area contributed by atoms with Gasteiger partial charge in [0.2, 0.25) is 0 Å². The lowest BCUT2D eigenvalue weighted by Gasteiger charge is -2.09. The fourth-order valence-electron chi connectivity index (χ4n) is 2.26. The van der Waals surface area contributed by atoms with E-state index in [1.807, 2.05) is 30.5 Å². The van der Waals surface area contributed by atoms with Crippen LogP contribution in [-0.2, 0) is 6.54 Å². The zero-order valence-corrected chi connectivity index (χ0v) is 14.0. The van der Waals surface area contributed by atoms with Gasteiger partial charge in [0.05, 0.1) is 11.3 Å². The second kappa shape index (κ2) is 7.70. The third-order valence-electron chi connectivity index (χ3n) is 3.44. The Morgan fingerprint density at radius 2 is 2.00 bits per heavy atom. The molecule has 3 rings (SSSR count). The number of nitrogens with zero attached hydrogens (tertiary/aromatic N) is 3. The van der Waals surface area contributed by atoms with Crippen LogP contribution in [0.5, 0.6) is 0 Å². The predicted octanol–water partition coefficient (Wildman–Crippen LogP) is 3.19. The molecule has 0 bridgehead atoms. The molecule has 0 unspecified atom stereocenters. The van der Waals surface area contributed by atoms with Crippen LogP contribution < -0.4 is 5.32 Å². The van der Waals surface area contributed by atoms with Crippen molar-refractivity contribution in [2.75, 3.05) is 6.26 Å². The molecule has 0 aliphatic heterocycles. The van der Waals surface area contributed by atoms with Gasteiger partial charge in [-0.05, 0) is 48.2 Å². The molecule has 24 heavy (non-hydrogen) atoms. The summed E-state index contributed by atoms with van der Waals surface area (Å²) in [6.45, 7) is 0.428. The minimum atomic E-state index is -0.132. The molecule has 0 aromatic carbocycles. The van der Waals surface area contributed by atoms with Gasteiger partial charge in [0.25, 0.3) is 5.91 Å². The van der Waals surface area contributed by atoms with Crippen molar-refractivity contribution in [1.82, 2.24) is 20.3 Å². The van der Waals surface area contributed by atoms with Crippen LogP contribution in [0.2, 0.25) is 0 Å². The van der Waals surface area contributed by atoms with Crippen molar-refractivity contribution in [3.05, 3.63) is 72.3 Å². The second-order valence-corrected chi connectivity index (χ2v) is 5.83. The van der Waals surface area contributed by atoms with Crippen molar-refractivity contribution in [1.29, 1.82) is 0 Å². The Bertz CT molecular complexity index is 839. The number of pyridine rings is 3. The first-order valence-corrected chi connectivity index (χ1v) is 8.63. The molecule has 0 saturated carbocycles. The Kier molecular flexibility index (Phi) is 5.18. The van der Waals surface area contributed by atoms with Gasteiger partial charge in [0.1, 0.15) is 5.03 Å². The van der Waals surface area contributed by atoms with Gasteiger partial charge in [0, 0.05) is 36.9 Å². The number of amides is 1. The molecule has 0 aliphatic rings. The van der Waals surface area contributed by atoms with Crippen LogP contribution in [0.1, 0.15) is 15.9 Å². The highest BCUT2D eigenvalue weighted by atomic mass is 32.2. The molecule has 1 N–H and O–H groups in total. The van der Waals surface area contributed by atoms with Gasteiger partial charge in [-0.1, -0.05) is 0 Å². The highest BCUT2D eigenvalue weighted by molar-refractivity contribution is 7.98. The van der Waals surface area contributed by atoms with E-state index in [9.17, 15) is 4.79 Å². The summed E-state index contributed by atoms with van der Waals surface area (Å²) in [4.78, 5) is 25.0. The van der Waals surface area contributed by atoms with E-state index in [2.05, 4.69) is 20.3 Å². The number of hydrogen-bond donors (Lipinski definition) is 1. The first-order chi connectivity index (χ1) is 11.8. The number of rotatable bonds is 5. The molecule has 0 radical (unpaired) electrons. The van der Waals surface area contributed by atoms with E-state index < -0.39 is 0 Å². The van der Waals surface area contributed by atoms with Crippen molar-refractivity contribution in [3.63, 3.8) is 0 Å². The van der Waals surface area contributed by atoms with Crippen molar-refractivity contribution in [2.24, 2.45) is 0 Å². The topological polar surface area (TPSA) is 67.8 Å². The molecular weight excluding hydrogens is 320 g/mol. The maximum absolute atomic E-state index is 12.4. The molecular formula is C18H16N4OS. The van der Waals surface area contributed by atoms with Crippen LogP contribution in [0.4, 0.5) is 0 Å². The van der Waals surface area contributed by atoms with Crippen LogP contribution >= 0.6 is 11.8 Å². The van der Waals surface area contributed by atoms with Crippen LogP contribution in [0.15, 0.2) is 66.2 Å². The summed E-state index contributed by atoms with van der Waals surface area (Å²) >= 11 is 1.46. The number of carbonyl (C=O) groups excluding carboxylic acids is 1. The quantitative estimate of drug-likeness (QED) is 0.725. The van der Waals surface area contributed by atoms with E-state index in [1.165, 1.54) is 11.8 Å². The zero-order chi connectivity index (χ0) is 16.8. The van der Waals surface area contributed by atoms with Gasteiger partial charge >= 0.3 is 0 Å². The largest absolute Gasteiger partial charge is 0.348 e. The normalized spacial score (nSPS) is 10.4. The van der Waals surface area contributed by atoms with Gasteiger partial charge in [-0.15, -0.1) is 11.8 Å². The summed E-state index contributed by atoms with van der Waals surface area (Å²) in [6.07, 6.45) is 8.82. The van der Waals surface area contributed by atoms with Gasteiger partial charge in [0.15, 0.2) is 0 Å². The highest BCUT2D eigenvalue weighted by Crippen LogP contribution is 2.18. The highest BCUT2D eigenvalue weighted by Gasteiger charge is 2.11. The van der Waals surface area contributed by atoms with E-state index in [0.29, 0.717) is 12.1 Å². The number of nitrogens with one attached hydrogen (secondary N) is 1. The molecule has 5 nitrogen and oxygen atoms in total. The minimum Gasteiger partial charge on any atom is -0.348 e. The smallest absolute Gasteiger partial charge is 0.254 e. The first-order valence-electron chi connectivity index (χ1n) is 7.40. The third kappa shape index (κ3) is 3.78. The van der Waals surface area contributed by atoms with Gasteiger partial charge in [-0.3, -0.25) is 14.8 Å². The van der Waals surface area contributed by atoms with E-state index >= 15 is 0 Å². The SMILES string of the molecule is CSc1ncccc1C(=O)NCc1ccnc(-c2cccnc2)c1. The molecule has 0 fully saturated rings. The maximum atomic E-state index is 12.4. The molecule has 0 spiro atoms. The van der Waals surface area contributed by atoms with Crippen LogP contribution in [0.25, 0.3) is 11.3 Å². The number of carbonyl (C=O) groups is 1. The molecule has 0 atom stereocenters. The Morgan fingerprint density at radius 3 is 2.79 bits per heavy atom. The number of hydrogen-bond acceptors (Lipinski definition) is 5. The average molecular weight is 336 g/mol. The van der Waals surface area contributed by atoms with Crippen molar-refractivity contribution in [2.45, 2.75) is 11.6 Å². The molecule has 0 aliphatic carbocycles. The molecule has 3 aromatic heterocycles. The summed E-state index contributed by atoms with van der Waals surface area (Å²) in [7, 11) is 0. The summed E-state index contributed by atoms with van der Waals surface area (Å²) in [5.74, 6) is -0.132. The fourth-order valence-corrected chi connectivity index (χ4v) is 2.81. The summed E-state index contributed by atoms with van der Waals surface area (Å²) in [6, 6.07) is 11.2. The van der Waals surface area contributed by atoms with Crippen LogP contribution in [0.3, 0.4) is 0 Å². The Morgan fingerprint density at radius 1 is 1.12 bits per heavy atom. The lowest BCUT2D eigenvalue weighted by atomic mass is 10.1. The average Bonchev–Trinajstić information content (AvgIpc) is 2.67. The van der Waals surface area contributed by atoms with Crippen LogP contribution in [0, 0.1) is 0 Å². The number of thioether (sulfide) groups is 1. The van der Waals surface area contributed by atoms with Gasteiger partial charge in [-0.25, -0.2) is 4.98 Å².